The van der Waals surface area contributed by atoms with Crippen molar-refractivity contribution >= 4 is 35.3 Å². The molecule has 4 rings (SSSR count). The molecule has 0 atom stereocenters. The maximum Gasteiger partial charge on any atom is 0.261 e. The third-order valence-electron chi connectivity index (χ3n) is 4.57. The van der Waals surface area contributed by atoms with E-state index in [1.54, 1.807) is 15.4 Å². The van der Waals surface area contributed by atoms with E-state index >= 15 is 0 Å². The van der Waals surface area contributed by atoms with Crippen LogP contribution in [0.25, 0.3) is 5.78 Å². The smallest absolute Gasteiger partial charge is 0.261 e. The molecule has 1 aromatic carbocycles. The number of fused-ring (bicyclic) bond motifs is 1. The molecule has 0 unspecified atom stereocenters. The molecule has 0 bridgehead atoms. The molecule has 0 aliphatic carbocycles. The zero-order chi connectivity index (χ0) is 23.0. The van der Waals surface area contributed by atoms with Crippen LogP contribution < -0.4 is 16.0 Å². The standard InChI is InChI=1S/C20H25N11OS/c1-3-22-17-26-18(23-4-2)31-19(27-17)28-29-20(31)33-11-16(32)24-9-14-5-7-15(8-6-14)10-30-13-21-12-25-30/h5-8,12-13H,3-4,9-11H2,1-2H3,(H,24,32)(H2,22,23,26,27,28). The third kappa shape index (κ3) is 5.74. The van der Waals surface area contributed by atoms with Gasteiger partial charge in [-0.3, -0.25) is 4.79 Å². The maximum atomic E-state index is 12.4. The molecule has 1 amide bonds. The predicted octanol–water partition coefficient (Wildman–Crippen LogP) is 1.43. The summed E-state index contributed by atoms with van der Waals surface area (Å²) in [5.74, 6) is 1.59. The highest BCUT2D eigenvalue weighted by atomic mass is 32.2. The molecule has 13 heteroatoms. The number of aromatic nitrogens is 8. The molecule has 4 aromatic rings. The quantitative estimate of drug-likeness (QED) is 0.278. The zero-order valence-corrected chi connectivity index (χ0v) is 19.2. The molecule has 12 nitrogen and oxygen atoms in total. The lowest BCUT2D eigenvalue weighted by atomic mass is 10.1. The van der Waals surface area contributed by atoms with E-state index in [4.69, 9.17) is 0 Å². The summed E-state index contributed by atoms with van der Waals surface area (Å²) in [7, 11) is 0. The topological polar surface area (TPSA) is 140 Å². The molecule has 3 heterocycles. The monoisotopic (exact) mass is 467 g/mol. The summed E-state index contributed by atoms with van der Waals surface area (Å²) in [4.78, 5) is 25.2. The second kappa shape index (κ2) is 10.7. The summed E-state index contributed by atoms with van der Waals surface area (Å²) in [5, 5.41) is 22.2. The minimum Gasteiger partial charge on any atom is -0.355 e. The number of hydrogen-bond acceptors (Lipinski definition) is 10. The third-order valence-corrected chi connectivity index (χ3v) is 5.50. The summed E-state index contributed by atoms with van der Waals surface area (Å²) in [5.41, 5.74) is 2.13. The number of anilines is 2. The van der Waals surface area contributed by atoms with Crippen molar-refractivity contribution in [2.24, 2.45) is 0 Å². The Morgan fingerprint density at radius 3 is 2.55 bits per heavy atom. The molecule has 0 aliphatic heterocycles. The summed E-state index contributed by atoms with van der Waals surface area (Å²) in [6, 6.07) is 8.02. The molecule has 0 aliphatic rings. The number of hydrogen-bond donors (Lipinski definition) is 3. The zero-order valence-electron chi connectivity index (χ0n) is 18.4. The normalized spacial score (nSPS) is 11.0. The highest BCUT2D eigenvalue weighted by Crippen LogP contribution is 2.20. The molecule has 3 N–H and O–H groups in total. The number of carbonyl (C=O) groups is 1. The highest BCUT2D eigenvalue weighted by molar-refractivity contribution is 7.99. The van der Waals surface area contributed by atoms with Gasteiger partial charge in [0.05, 0.1) is 12.3 Å². The Kier molecular flexibility index (Phi) is 7.29. The van der Waals surface area contributed by atoms with Crippen LogP contribution in [0.3, 0.4) is 0 Å². The van der Waals surface area contributed by atoms with Crippen LogP contribution in [-0.2, 0) is 17.9 Å². The predicted molar refractivity (Wildman–Crippen MR) is 125 cm³/mol. The van der Waals surface area contributed by atoms with Gasteiger partial charge in [0.25, 0.3) is 5.78 Å². The van der Waals surface area contributed by atoms with E-state index in [0.717, 1.165) is 11.1 Å². The van der Waals surface area contributed by atoms with Crippen LogP contribution in [0.2, 0.25) is 0 Å². The maximum absolute atomic E-state index is 12.4. The largest absolute Gasteiger partial charge is 0.355 e. The van der Waals surface area contributed by atoms with Gasteiger partial charge in [-0.1, -0.05) is 36.0 Å². The number of nitrogens with zero attached hydrogens (tertiary/aromatic N) is 8. The summed E-state index contributed by atoms with van der Waals surface area (Å²) < 4.78 is 3.48. The minimum absolute atomic E-state index is 0.0985. The van der Waals surface area contributed by atoms with Crippen molar-refractivity contribution in [3.63, 3.8) is 0 Å². The Hall–Kier alpha value is -3.74. The van der Waals surface area contributed by atoms with Gasteiger partial charge < -0.3 is 16.0 Å². The Morgan fingerprint density at radius 1 is 1.03 bits per heavy atom. The number of carbonyl (C=O) groups excluding carboxylic acids is 1. The first-order valence-corrected chi connectivity index (χ1v) is 11.6. The van der Waals surface area contributed by atoms with Gasteiger partial charge >= 0.3 is 0 Å². The molecule has 0 saturated carbocycles. The Bertz CT molecular complexity index is 1190. The molecular formula is C20H25N11OS. The van der Waals surface area contributed by atoms with E-state index in [1.807, 2.05) is 38.1 Å². The van der Waals surface area contributed by atoms with Crippen molar-refractivity contribution in [1.29, 1.82) is 0 Å². The molecule has 0 fully saturated rings. The van der Waals surface area contributed by atoms with Crippen LogP contribution in [-0.4, -0.2) is 64.1 Å². The van der Waals surface area contributed by atoms with Crippen molar-refractivity contribution in [3.8, 4) is 0 Å². The van der Waals surface area contributed by atoms with Gasteiger partial charge in [0.1, 0.15) is 12.7 Å². The van der Waals surface area contributed by atoms with E-state index in [2.05, 4.69) is 46.2 Å². The van der Waals surface area contributed by atoms with E-state index in [1.165, 1.54) is 18.1 Å². The second-order valence-corrected chi connectivity index (χ2v) is 7.97. The van der Waals surface area contributed by atoms with Crippen LogP contribution in [0, 0.1) is 0 Å². The van der Waals surface area contributed by atoms with Gasteiger partial charge in [-0.15, -0.1) is 10.2 Å². The number of thioether (sulfide) groups is 1. The number of rotatable bonds is 11. The molecule has 172 valence electrons. The van der Waals surface area contributed by atoms with Crippen LogP contribution >= 0.6 is 11.8 Å². The van der Waals surface area contributed by atoms with E-state index in [-0.39, 0.29) is 11.7 Å². The van der Waals surface area contributed by atoms with Crippen molar-refractivity contribution in [1.82, 2.24) is 44.6 Å². The van der Waals surface area contributed by atoms with Gasteiger partial charge in [-0.2, -0.15) is 15.1 Å². The molecule has 0 saturated heterocycles. The van der Waals surface area contributed by atoms with Crippen molar-refractivity contribution < 1.29 is 4.79 Å². The lowest BCUT2D eigenvalue weighted by molar-refractivity contribution is -0.118. The lowest BCUT2D eigenvalue weighted by Gasteiger charge is -2.10. The molecule has 0 radical (unpaired) electrons. The molecule has 0 spiro atoms. The first kappa shape index (κ1) is 22.5. The molecule has 3 aromatic heterocycles. The number of nitrogens with one attached hydrogen (secondary N) is 3. The van der Waals surface area contributed by atoms with Crippen LogP contribution in [0.4, 0.5) is 11.9 Å². The van der Waals surface area contributed by atoms with Crippen LogP contribution in [0.15, 0.2) is 42.1 Å². The summed E-state index contributed by atoms with van der Waals surface area (Å²) in [6.45, 7) is 6.43. The highest BCUT2D eigenvalue weighted by Gasteiger charge is 2.15. The Labute approximate surface area is 194 Å². The number of amides is 1. The van der Waals surface area contributed by atoms with Gasteiger partial charge in [0.2, 0.25) is 17.8 Å². The van der Waals surface area contributed by atoms with Gasteiger partial charge in [0.15, 0.2) is 5.16 Å². The van der Waals surface area contributed by atoms with E-state index < -0.39 is 0 Å². The Morgan fingerprint density at radius 2 is 1.82 bits per heavy atom. The molecular weight excluding hydrogens is 442 g/mol. The second-order valence-electron chi connectivity index (χ2n) is 7.02. The van der Waals surface area contributed by atoms with Crippen LogP contribution in [0.1, 0.15) is 25.0 Å². The average Bonchev–Trinajstić information content (AvgIpc) is 3.48. The lowest BCUT2D eigenvalue weighted by Crippen LogP contribution is -2.24. The molecule has 33 heavy (non-hydrogen) atoms. The van der Waals surface area contributed by atoms with E-state index in [0.29, 0.717) is 49.0 Å². The van der Waals surface area contributed by atoms with Gasteiger partial charge in [0, 0.05) is 19.6 Å². The number of benzene rings is 1. The first-order chi connectivity index (χ1) is 16.2. The average molecular weight is 468 g/mol. The minimum atomic E-state index is -0.0985. The fraction of sp³-hybridized carbons (Fsp3) is 0.350. The van der Waals surface area contributed by atoms with Crippen molar-refractivity contribution in [3.05, 3.63) is 48.0 Å². The summed E-state index contributed by atoms with van der Waals surface area (Å²) >= 11 is 1.28. The van der Waals surface area contributed by atoms with Gasteiger partial charge in [-0.25, -0.2) is 14.1 Å². The van der Waals surface area contributed by atoms with Gasteiger partial charge in [-0.05, 0) is 25.0 Å². The van der Waals surface area contributed by atoms with Crippen molar-refractivity contribution in [2.45, 2.75) is 32.1 Å². The SMILES string of the molecule is CCNc1nc(NCC)n2c(SCC(=O)NCc3ccc(Cn4cncn4)cc3)nnc2n1. The Balaban J connectivity index is 1.33. The van der Waals surface area contributed by atoms with Crippen molar-refractivity contribution in [2.75, 3.05) is 29.5 Å². The van der Waals surface area contributed by atoms with Crippen LogP contribution in [0.5, 0.6) is 0 Å². The fourth-order valence-electron chi connectivity index (χ4n) is 3.04. The summed E-state index contributed by atoms with van der Waals surface area (Å²) in [6.07, 6.45) is 3.19. The van der Waals surface area contributed by atoms with E-state index in [9.17, 15) is 4.79 Å². The fourth-order valence-corrected chi connectivity index (χ4v) is 3.80. The first-order valence-electron chi connectivity index (χ1n) is 10.6.